The highest BCUT2D eigenvalue weighted by Crippen LogP contribution is 2.24. The molecule has 0 unspecified atom stereocenters. The van der Waals surface area contributed by atoms with Gasteiger partial charge in [0.1, 0.15) is 11.6 Å². The van der Waals surface area contributed by atoms with Crippen LogP contribution < -0.4 is 0 Å². The number of nitrogens with zero attached hydrogens (tertiary/aromatic N) is 2. The first-order valence-corrected chi connectivity index (χ1v) is 8.19. The van der Waals surface area contributed by atoms with Crippen LogP contribution in [0.15, 0.2) is 36.7 Å². The van der Waals surface area contributed by atoms with Gasteiger partial charge in [0, 0.05) is 49.8 Å². The van der Waals surface area contributed by atoms with Gasteiger partial charge in [0.25, 0.3) is 0 Å². The Kier molecular flexibility index (Phi) is 5.03. The number of Topliss-reactive ketones (excluding diaryl/α,β-unsaturated/α-hetero) is 1. The van der Waals surface area contributed by atoms with Gasteiger partial charge in [0.15, 0.2) is 5.78 Å². The summed E-state index contributed by atoms with van der Waals surface area (Å²) in [7, 11) is 0. The van der Waals surface area contributed by atoms with Crippen molar-refractivity contribution >= 4 is 11.7 Å². The second-order valence-electron chi connectivity index (χ2n) is 6.08. The molecule has 2 heterocycles. The molecule has 1 aliphatic rings. The fourth-order valence-electron chi connectivity index (χ4n) is 3.09. The second-order valence-corrected chi connectivity index (χ2v) is 6.08. The third-order valence-corrected chi connectivity index (χ3v) is 4.41. The monoisotopic (exact) mass is 329 g/mol. The molecule has 6 heteroatoms. The van der Waals surface area contributed by atoms with Gasteiger partial charge < -0.3 is 9.88 Å². The standard InChI is InChI=1S/C18H20FN3O2/c19-15-5-3-13(4-6-15)16(23)7-8-17(24)22-11-1-2-14(12-22)18-20-9-10-21-18/h3-6,9-10,14H,1-2,7-8,11-12H2,(H,20,21)/t14-/m0/s1. The lowest BCUT2D eigenvalue weighted by molar-refractivity contribution is -0.132. The number of hydrogen-bond acceptors (Lipinski definition) is 3. The molecule has 1 aromatic heterocycles. The van der Waals surface area contributed by atoms with E-state index in [1.54, 1.807) is 12.4 Å². The first-order valence-electron chi connectivity index (χ1n) is 8.19. The molecule has 3 rings (SSSR count). The summed E-state index contributed by atoms with van der Waals surface area (Å²) in [5, 5.41) is 0. The van der Waals surface area contributed by atoms with Crippen LogP contribution in [0, 0.1) is 5.82 Å². The summed E-state index contributed by atoms with van der Waals surface area (Å²) >= 11 is 0. The number of halogens is 1. The Morgan fingerprint density at radius 1 is 1.25 bits per heavy atom. The Morgan fingerprint density at radius 3 is 2.75 bits per heavy atom. The molecule has 0 bridgehead atoms. The molecule has 0 saturated carbocycles. The largest absolute Gasteiger partial charge is 0.348 e. The maximum absolute atomic E-state index is 12.9. The number of nitrogens with one attached hydrogen (secondary N) is 1. The van der Waals surface area contributed by atoms with Gasteiger partial charge in [-0.3, -0.25) is 9.59 Å². The van der Waals surface area contributed by atoms with Crippen molar-refractivity contribution in [2.24, 2.45) is 0 Å². The predicted octanol–water partition coefficient (Wildman–Crippen LogP) is 2.92. The van der Waals surface area contributed by atoms with Crippen LogP contribution in [0.4, 0.5) is 4.39 Å². The van der Waals surface area contributed by atoms with E-state index in [9.17, 15) is 14.0 Å². The van der Waals surface area contributed by atoms with Gasteiger partial charge in [-0.25, -0.2) is 9.37 Å². The highest BCUT2D eigenvalue weighted by Gasteiger charge is 2.26. The molecule has 1 aliphatic heterocycles. The normalized spacial score (nSPS) is 17.7. The zero-order valence-corrected chi connectivity index (χ0v) is 13.4. The Morgan fingerprint density at radius 2 is 2.04 bits per heavy atom. The van der Waals surface area contributed by atoms with Crippen molar-refractivity contribution in [3.05, 3.63) is 53.9 Å². The van der Waals surface area contributed by atoms with Crippen molar-refractivity contribution < 1.29 is 14.0 Å². The van der Waals surface area contributed by atoms with Gasteiger partial charge in [-0.2, -0.15) is 0 Å². The van der Waals surface area contributed by atoms with E-state index in [1.165, 1.54) is 24.3 Å². The first-order chi connectivity index (χ1) is 11.6. The molecule has 2 aromatic rings. The third-order valence-electron chi connectivity index (χ3n) is 4.41. The molecule has 1 atom stereocenters. The SMILES string of the molecule is O=C(CCC(=O)N1CCC[C@H](c2ncc[nH]2)C1)c1ccc(F)cc1. The number of carbonyl (C=O) groups is 2. The molecule has 0 aliphatic carbocycles. The van der Waals surface area contributed by atoms with Crippen molar-refractivity contribution in [2.75, 3.05) is 13.1 Å². The fourth-order valence-corrected chi connectivity index (χ4v) is 3.09. The van der Waals surface area contributed by atoms with E-state index in [-0.39, 0.29) is 36.3 Å². The molecule has 0 radical (unpaired) electrons. The van der Waals surface area contributed by atoms with Gasteiger partial charge in [-0.15, -0.1) is 0 Å². The lowest BCUT2D eigenvalue weighted by Gasteiger charge is -2.32. The molecule has 24 heavy (non-hydrogen) atoms. The maximum Gasteiger partial charge on any atom is 0.223 e. The molecule has 1 saturated heterocycles. The number of aromatic nitrogens is 2. The summed E-state index contributed by atoms with van der Waals surface area (Å²) in [6.45, 7) is 1.36. The van der Waals surface area contributed by atoms with Crippen molar-refractivity contribution in [3.8, 4) is 0 Å². The topological polar surface area (TPSA) is 66.1 Å². The summed E-state index contributed by atoms with van der Waals surface area (Å²) in [6.07, 6.45) is 5.78. The number of likely N-dealkylation sites (tertiary alicyclic amines) is 1. The van der Waals surface area contributed by atoms with Gasteiger partial charge in [0.2, 0.25) is 5.91 Å². The average molecular weight is 329 g/mol. The van der Waals surface area contributed by atoms with Gasteiger partial charge in [-0.1, -0.05) is 0 Å². The second kappa shape index (κ2) is 7.38. The zero-order chi connectivity index (χ0) is 16.9. The van der Waals surface area contributed by atoms with Crippen molar-refractivity contribution in [2.45, 2.75) is 31.6 Å². The van der Waals surface area contributed by atoms with Crippen molar-refractivity contribution in [1.29, 1.82) is 0 Å². The molecule has 1 amide bonds. The van der Waals surface area contributed by atoms with Gasteiger partial charge in [0.05, 0.1) is 0 Å². The minimum atomic E-state index is -0.375. The molecule has 5 nitrogen and oxygen atoms in total. The Labute approximate surface area is 139 Å². The summed E-state index contributed by atoms with van der Waals surface area (Å²) < 4.78 is 12.9. The molecule has 1 N–H and O–H groups in total. The minimum absolute atomic E-state index is 0.0123. The van der Waals surface area contributed by atoms with Crippen LogP contribution in [0.25, 0.3) is 0 Å². The summed E-state index contributed by atoms with van der Waals surface area (Å²) in [4.78, 5) is 33.7. The van der Waals surface area contributed by atoms with Crippen molar-refractivity contribution in [3.63, 3.8) is 0 Å². The number of piperidine rings is 1. The lowest BCUT2D eigenvalue weighted by atomic mass is 9.96. The quantitative estimate of drug-likeness (QED) is 0.858. The Hall–Kier alpha value is -2.50. The number of amides is 1. The number of ketones is 1. The number of rotatable bonds is 5. The van der Waals surface area contributed by atoms with E-state index in [0.717, 1.165) is 25.2 Å². The van der Waals surface area contributed by atoms with E-state index in [4.69, 9.17) is 0 Å². The van der Waals surface area contributed by atoms with E-state index in [1.807, 2.05) is 4.90 Å². The molecular formula is C18H20FN3O2. The number of imidazole rings is 1. The van der Waals surface area contributed by atoms with E-state index in [2.05, 4.69) is 9.97 Å². The van der Waals surface area contributed by atoms with Gasteiger partial charge >= 0.3 is 0 Å². The van der Waals surface area contributed by atoms with Crippen molar-refractivity contribution in [1.82, 2.24) is 14.9 Å². The molecule has 1 fully saturated rings. The zero-order valence-electron chi connectivity index (χ0n) is 13.4. The summed E-state index contributed by atoms with van der Waals surface area (Å²) in [6, 6.07) is 5.42. The van der Waals surface area contributed by atoms with Crippen LogP contribution in [0.1, 0.15) is 47.8 Å². The number of carbonyl (C=O) groups excluding carboxylic acids is 2. The number of aromatic amines is 1. The minimum Gasteiger partial charge on any atom is -0.348 e. The maximum atomic E-state index is 12.9. The van der Waals surface area contributed by atoms with Crippen LogP contribution >= 0.6 is 0 Å². The predicted molar refractivity (Wildman–Crippen MR) is 87.1 cm³/mol. The average Bonchev–Trinajstić information content (AvgIpc) is 3.15. The Bertz CT molecular complexity index is 698. The van der Waals surface area contributed by atoms with E-state index in [0.29, 0.717) is 12.1 Å². The van der Waals surface area contributed by atoms with Crippen LogP contribution in [0.3, 0.4) is 0 Å². The third kappa shape index (κ3) is 3.88. The number of hydrogen-bond donors (Lipinski definition) is 1. The van der Waals surface area contributed by atoms with Crippen LogP contribution in [0.5, 0.6) is 0 Å². The smallest absolute Gasteiger partial charge is 0.223 e. The van der Waals surface area contributed by atoms with E-state index >= 15 is 0 Å². The van der Waals surface area contributed by atoms with E-state index < -0.39 is 0 Å². The highest BCUT2D eigenvalue weighted by molar-refractivity contribution is 5.97. The first kappa shape index (κ1) is 16.4. The molecule has 1 aromatic carbocycles. The highest BCUT2D eigenvalue weighted by atomic mass is 19.1. The van der Waals surface area contributed by atoms with Gasteiger partial charge in [-0.05, 0) is 37.1 Å². The van der Waals surface area contributed by atoms with Crippen LogP contribution in [-0.2, 0) is 4.79 Å². The number of H-pyrrole nitrogens is 1. The number of benzene rings is 1. The summed E-state index contributed by atoms with van der Waals surface area (Å²) in [5.41, 5.74) is 0.441. The fraction of sp³-hybridized carbons (Fsp3) is 0.389. The lowest BCUT2D eigenvalue weighted by Crippen LogP contribution is -2.39. The molecule has 126 valence electrons. The summed E-state index contributed by atoms with van der Waals surface area (Å²) in [5.74, 6) is 0.616. The van der Waals surface area contributed by atoms with Crippen LogP contribution in [-0.4, -0.2) is 39.6 Å². The molecule has 0 spiro atoms. The Balaban J connectivity index is 1.53. The van der Waals surface area contributed by atoms with Crippen LogP contribution in [0.2, 0.25) is 0 Å². The molecular weight excluding hydrogens is 309 g/mol.